The van der Waals surface area contributed by atoms with Gasteiger partial charge in [-0.1, -0.05) is 23.4 Å². The third-order valence-corrected chi connectivity index (χ3v) is 4.19. The topological polar surface area (TPSA) is 84.7 Å². The van der Waals surface area contributed by atoms with E-state index >= 15 is 0 Å². The van der Waals surface area contributed by atoms with E-state index < -0.39 is 0 Å². The fraction of sp³-hybridized carbons (Fsp3) is 0.158. The number of aromatic nitrogens is 4. The first-order valence-electron chi connectivity index (χ1n) is 8.38. The van der Waals surface area contributed by atoms with E-state index in [9.17, 15) is 4.79 Å². The fourth-order valence-corrected chi connectivity index (χ4v) is 2.82. The second-order valence-electron chi connectivity index (χ2n) is 5.99. The molecule has 26 heavy (non-hydrogen) atoms. The van der Waals surface area contributed by atoms with Crippen LogP contribution in [-0.2, 0) is 7.05 Å². The minimum absolute atomic E-state index is 0.133. The van der Waals surface area contributed by atoms with Crippen molar-refractivity contribution in [3.63, 3.8) is 0 Å². The maximum atomic E-state index is 12.3. The molecule has 0 bridgehead atoms. The standard InChI is InChI=1S/C19H18N6O/c1-25-17-8-6-14(12-16(17)23-24-25)19(26)21-11-10-20-18-9-7-13-4-2-3-5-15(13)22-18/h2-9,12H,10-11H2,1H3,(H,20,22)(H,21,26). The first kappa shape index (κ1) is 16.0. The molecular formula is C19H18N6O. The molecule has 0 atom stereocenters. The zero-order valence-electron chi connectivity index (χ0n) is 14.3. The van der Waals surface area contributed by atoms with E-state index in [4.69, 9.17) is 0 Å². The van der Waals surface area contributed by atoms with Gasteiger partial charge in [-0.05, 0) is 36.4 Å². The molecule has 0 fully saturated rings. The van der Waals surface area contributed by atoms with E-state index in [1.165, 1.54) is 0 Å². The number of nitrogens with one attached hydrogen (secondary N) is 2. The monoisotopic (exact) mass is 346 g/mol. The molecule has 2 heterocycles. The Hall–Kier alpha value is -3.48. The Balaban J connectivity index is 1.33. The molecule has 0 unspecified atom stereocenters. The van der Waals surface area contributed by atoms with E-state index in [-0.39, 0.29) is 5.91 Å². The second kappa shape index (κ2) is 6.79. The van der Waals surface area contributed by atoms with E-state index in [2.05, 4.69) is 25.9 Å². The lowest BCUT2D eigenvalue weighted by Crippen LogP contribution is -2.28. The van der Waals surface area contributed by atoms with Crippen LogP contribution in [0.1, 0.15) is 10.4 Å². The normalized spacial score (nSPS) is 11.0. The second-order valence-corrected chi connectivity index (χ2v) is 5.99. The van der Waals surface area contributed by atoms with Gasteiger partial charge in [0.25, 0.3) is 5.91 Å². The van der Waals surface area contributed by atoms with E-state index in [0.29, 0.717) is 24.2 Å². The number of anilines is 1. The van der Waals surface area contributed by atoms with Gasteiger partial charge in [0.05, 0.1) is 11.0 Å². The van der Waals surface area contributed by atoms with Crippen LogP contribution in [0.4, 0.5) is 5.82 Å². The number of carbonyl (C=O) groups excluding carboxylic acids is 1. The van der Waals surface area contributed by atoms with Gasteiger partial charge >= 0.3 is 0 Å². The number of amides is 1. The molecule has 0 radical (unpaired) electrons. The zero-order chi connectivity index (χ0) is 17.9. The lowest BCUT2D eigenvalue weighted by atomic mass is 10.2. The first-order valence-corrected chi connectivity index (χ1v) is 8.38. The number of nitrogens with zero attached hydrogens (tertiary/aromatic N) is 4. The molecule has 0 aliphatic heterocycles. The molecule has 4 aromatic rings. The van der Waals surface area contributed by atoms with Crippen molar-refractivity contribution >= 4 is 33.7 Å². The van der Waals surface area contributed by atoms with Crippen molar-refractivity contribution in [3.8, 4) is 0 Å². The van der Waals surface area contributed by atoms with Crippen molar-refractivity contribution in [3.05, 3.63) is 60.2 Å². The van der Waals surface area contributed by atoms with Gasteiger partial charge in [0.2, 0.25) is 0 Å². The molecule has 2 N–H and O–H groups in total. The van der Waals surface area contributed by atoms with Crippen molar-refractivity contribution < 1.29 is 4.79 Å². The molecule has 0 aliphatic rings. The summed E-state index contributed by atoms with van der Waals surface area (Å²) in [6, 6.07) is 17.3. The van der Waals surface area contributed by atoms with Crippen molar-refractivity contribution in [2.24, 2.45) is 7.05 Å². The van der Waals surface area contributed by atoms with Gasteiger partial charge < -0.3 is 10.6 Å². The number of aryl methyl sites for hydroxylation is 1. The molecule has 2 aromatic heterocycles. The SMILES string of the molecule is Cn1nnc2cc(C(=O)NCCNc3ccc4ccccc4n3)ccc21. The molecule has 0 saturated carbocycles. The van der Waals surface area contributed by atoms with Crippen LogP contribution in [0.2, 0.25) is 0 Å². The smallest absolute Gasteiger partial charge is 0.251 e. The zero-order valence-corrected chi connectivity index (χ0v) is 14.3. The summed E-state index contributed by atoms with van der Waals surface area (Å²) in [5, 5.41) is 15.2. The van der Waals surface area contributed by atoms with Crippen LogP contribution in [0.3, 0.4) is 0 Å². The number of hydrogen-bond acceptors (Lipinski definition) is 5. The summed E-state index contributed by atoms with van der Waals surface area (Å²) < 4.78 is 1.68. The van der Waals surface area contributed by atoms with Crippen LogP contribution in [-0.4, -0.2) is 39.0 Å². The van der Waals surface area contributed by atoms with Crippen LogP contribution < -0.4 is 10.6 Å². The Morgan fingerprint density at radius 2 is 1.92 bits per heavy atom. The van der Waals surface area contributed by atoms with Gasteiger partial charge in [0, 0.05) is 31.1 Å². The molecule has 2 aromatic carbocycles. The summed E-state index contributed by atoms with van der Waals surface area (Å²) in [6.45, 7) is 1.08. The largest absolute Gasteiger partial charge is 0.368 e. The molecule has 130 valence electrons. The number of fused-ring (bicyclic) bond motifs is 2. The van der Waals surface area contributed by atoms with Gasteiger partial charge in [0.1, 0.15) is 11.3 Å². The Morgan fingerprint density at radius 3 is 2.85 bits per heavy atom. The van der Waals surface area contributed by atoms with Gasteiger partial charge in [-0.2, -0.15) is 0 Å². The number of hydrogen-bond donors (Lipinski definition) is 2. The first-order chi connectivity index (χ1) is 12.7. The molecule has 7 nitrogen and oxygen atoms in total. The summed E-state index contributed by atoms with van der Waals surface area (Å²) >= 11 is 0. The predicted molar refractivity (Wildman–Crippen MR) is 101 cm³/mol. The van der Waals surface area contributed by atoms with Crippen LogP contribution in [0.5, 0.6) is 0 Å². The van der Waals surface area contributed by atoms with Gasteiger partial charge in [-0.15, -0.1) is 5.10 Å². The van der Waals surface area contributed by atoms with Crippen molar-refractivity contribution in [1.29, 1.82) is 0 Å². The summed E-state index contributed by atoms with van der Waals surface area (Å²) in [5.74, 6) is 0.657. The third-order valence-electron chi connectivity index (χ3n) is 4.19. The molecule has 7 heteroatoms. The van der Waals surface area contributed by atoms with Crippen LogP contribution >= 0.6 is 0 Å². The number of pyridine rings is 1. The summed E-state index contributed by atoms with van der Waals surface area (Å²) in [5.41, 5.74) is 3.12. The van der Waals surface area contributed by atoms with Crippen molar-refractivity contribution in [1.82, 2.24) is 25.3 Å². The Morgan fingerprint density at radius 1 is 1.04 bits per heavy atom. The Bertz CT molecular complexity index is 1090. The van der Waals surface area contributed by atoms with E-state index in [1.807, 2.05) is 49.5 Å². The van der Waals surface area contributed by atoms with Crippen LogP contribution in [0.15, 0.2) is 54.6 Å². The van der Waals surface area contributed by atoms with Gasteiger partial charge in [-0.3, -0.25) is 4.79 Å². The van der Waals surface area contributed by atoms with Crippen LogP contribution in [0, 0.1) is 0 Å². The average Bonchev–Trinajstić information content (AvgIpc) is 3.05. The van der Waals surface area contributed by atoms with Crippen molar-refractivity contribution in [2.45, 2.75) is 0 Å². The average molecular weight is 346 g/mol. The number of carbonyl (C=O) groups is 1. The minimum atomic E-state index is -0.133. The molecular weight excluding hydrogens is 328 g/mol. The number of rotatable bonds is 5. The molecule has 1 amide bonds. The molecule has 0 spiro atoms. The Labute approximate surface area is 150 Å². The molecule has 4 rings (SSSR count). The summed E-state index contributed by atoms with van der Waals surface area (Å²) in [7, 11) is 1.82. The van der Waals surface area contributed by atoms with Gasteiger partial charge in [-0.25, -0.2) is 9.67 Å². The van der Waals surface area contributed by atoms with E-state index in [0.717, 1.165) is 22.2 Å². The maximum absolute atomic E-state index is 12.3. The predicted octanol–water partition coefficient (Wildman–Crippen LogP) is 2.36. The molecule has 0 aliphatic carbocycles. The highest BCUT2D eigenvalue weighted by atomic mass is 16.1. The number of para-hydroxylation sites is 1. The molecule has 0 saturated heterocycles. The summed E-state index contributed by atoms with van der Waals surface area (Å²) in [6.07, 6.45) is 0. The fourth-order valence-electron chi connectivity index (χ4n) is 2.82. The quantitative estimate of drug-likeness (QED) is 0.542. The lowest BCUT2D eigenvalue weighted by Gasteiger charge is -2.08. The number of benzene rings is 2. The highest BCUT2D eigenvalue weighted by molar-refractivity contribution is 5.97. The lowest BCUT2D eigenvalue weighted by molar-refractivity contribution is 0.0955. The maximum Gasteiger partial charge on any atom is 0.251 e. The van der Waals surface area contributed by atoms with Gasteiger partial charge in [0.15, 0.2) is 0 Å². The Kier molecular flexibility index (Phi) is 4.18. The van der Waals surface area contributed by atoms with E-state index in [1.54, 1.807) is 16.8 Å². The minimum Gasteiger partial charge on any atom is -0.368 e. The van der Waals surface area contributed by atoms with Crippen LogP contribution in [0.25, 0.3) is 21.9 Å². The summed E-state index contributed by atoms with van der Waals surface area (Å²) in [4.78, 5) is 16.8. The highest BCUT2D eigenvalue weighted by Crippen LogP contribution is 2.14. The van der Waals surface area contributed by atoms with Crippen molar-refractivity contribution in [2.75, 3.05) is 18.4 Å². The third kappa shape index (κ3) is 3.19. The highest BCUT2D eigenvalue weighted by Gasteiger charge is 2.08.